The second-order valence-electron chi connectivity index (χ2n) is 3.85. The molecule has 0 aliphatic carbocycles. The highest BCUT2D eigenvalue weighted by molar-refractivity contribution is 7.80. The highest BCUT2D eigenvalue weighted by Gasteiger charge is 2.02. The molecule has 0 spiro atoms. The lowest BCUT2D eigenvalue weighted by Crippen LogP contribution is -2.25. The number of carbonyl (C=O) groups excluding carboxylic acids is 1. The zero-order chi connectivity index (χ0) is 11.0. The minimum absolute atomic E-state index is 0.127. The summed E-state index contributed by atoms with van der Waals surface area (Å²) in [4.78, 5) is 11.7. The maximum Gasteiger partial charge on any atom is 0.220 e. The molecule has 0 heterocycles. The second kappa shape index (κ2) is 7.74. The summed E-state index contributed by atoms with van der Waals surface area (Å²) in [6, 6.07) is 0. The van der Waals surface area contributed by atoms with E-state index < -0.39 is 0 Å². The van der Waals surface area contributed by atoms with Crippen molar-refractivity contribution in [2.75, 3.05) is 6.54 Å². The fourth-order valence-corrected chi connectivity index (χ4v) is 1.14. The number of nitrogens with one attached hydrogen (secondary N) is 1. The Hall–Kier alpha value is -0.640. The Kier molecular flexibility index (Phi) is 7.38. The van der Waals surface area contributed by atoms with E-state index in [1.807, 2.05) is 0 Å². The number of hydrogen-bond donors (Lipinski definition) is 2. The van der Waals surface area contributed by atoms with Crippen LogP contribution in [0.4, 0.5) is 0 Å². The first kappa shape index (κ1) is 13.4. The van der Waals surface area contributed by atoms with Gasteiger partial charge in [0, 0.05) is 13.0 Å². The maximum atomic E-state index is 11.2. The molecular weight excluding hydrogens is 196 g/mol. The fraction of sp³-hybridized carbons (Fsp3) is 0.800. The largest absolute Gasteiger partial charge is 0.393 e. The maximum absolute atomic E-state index is 11.2. The van der Waals surface area contributed by atoms with Crippen molar-refractivity contribution >= 4 is 23.1 Å². The summed E-state index contributed by atoms with van der Waals surface area (Å²) in [5.41, 5.74) is 5.33. The van der Waals surface area contributed by atoms with Gasteiger partial charge in [-0.3, -0.25) is 4.79 Å². The first-order valence-electron chi connectivity index (χ1n) is 5.07. The minimum Gasteiger partial charge on any atom is -0.393 e. The van der Waals surface area contributed by atoms with Crippen molar-refractivity contribution in [1.29, 1.82) is 0 Å². The molecule has 0 aliphatic rings. The van der Waals surface area contributed by atoms with Crippen molar-refractivity contribution in [3.63, 3.8) is 0 Å². The monoisotopic (exact) mass is 216 g/mol. The third kappa shape index (κ3) is 9.45. The van der Waals surface area contributed by atoms with E-state index >= 15 is 0 Å². The van der Waals surface area contributed by atoms with Gasteiger partial charge in [0.15, 0.2) is 0 Å². The first-order valence-corrected chi connectivity index (χ1v) is 5.48. The first-order chi connectivity index (χ1) is 6.52. The predicted octanol–water partition coefficient (Wildman–Crippen LogP) is 1.61. The van der Waals surface area contributed by atoms with Crippen LogP contribution in [0.2, 0.25) is 0 Å². The van der Waals surface area contributed by atoms with Crippen molar-refractivity contribution < 1.29 is 4.79 Å². The van der Waals surface area contributed by atoms with E-state index in [2.05, 4.69) is 19.2 Å². The van der Waals surface area contributed by atoms with Crippen LogP contribution in [0.3, 0.4) is 0 Å². The van der Waals surface area contributed by atoms with Crippen LogP contribution in [0.15, 0.2) is 0 Å². The van der Waals surface area contributed by atoms with Crippen molar-refractivity contribution in [1.82, 2.24) is 5.32 Å². The quantitative estimate of drug-likeness (QED) is 0.502. The van der Waals surface area contributed by atoms with Crippen LogP contribution in [-0.4, -0.2) is 17.4 Å². The second-order valence-corrected chi connectivity index (χ2v) is 4.38. The molecular formula is C10H20N2OS. The lowest BCUT2D eigenvalue weighted by Gasteiger charge is -2.06. The van der Waals surface area contributed by atoms with Gasteiger partial charge in [-0.1, -0.05) is 26.1 Å². The lowest BCUT2D eigenvalue weighted by molar-refractivity contribution is -0.121. The Balaban J connectivity index is 3.31. The molecule has 3 nitrogen and oxygen atoms in total. The van der Waals surface area contributed by atoms with Gasteiger partial charge in [0.25, 0.3) is 0 Å². The van der Waals surface area contributed by atoms with Crippen LogP contribution >= 0.6 is 12.2 Å². The number of carbonyl (C=O) groups is 1. The molecule has 1 amide bonds. The molecule has 3 N–H and O–H groups in total. The van der Waals surface area contributed by atoms with Crippen molar-refractivity contribution in [3.05, 3.63) is 0 Å². The van der Waals surface area contributed by atoms with E-state index in [1.165, 1.54) is 0 Å². The Labute approximate surface area is 91.4 Å². The van der Waals surface area contributed by atoms with Crippen LogP contribution < -0.4 is 11.1 Å². The molecule has 0 aromatic carbocycles. The molecule has 0 aliphatic heterocycles. The van der Waals surface area contributed by atoms with Gasteiger partial charge in [0.1, 0.15) is 0 Å². The fourth-order valence-electron chi connectivity index (χ4n) is 0.999. The summed E-state index contributed by atoms with van der Waals surface area (Å²) >= 11 is 4.73. The average Bonchev–Trinajstić information content (AvgIpc) is 2.08. The van der Waals surface area contributed by atoms with Gasteiger partial charge in [-0.15, -0.1) is 0 Å². The van der Waals surface area contributed by atoms with Gasteiger partial charge in [-0.2, -0.15) is 0 Å². The van der Waals surface area contributed by atoms with E-state index in [1.54, 1.807) is 0 Å². The van der Waals surface area contributed by atoms with Gasteiger partial charge in [-0.25, -0.2) is 0 Å². The van der Waals surface area contributed by atoms with E-state index in [-0.39, 0.29) is 5.91 Å². The molecule has 0 rings (SSSR count). The van der Waals surface area contributed by atoms with Crippen LogP contribution in [0.5, 0.6) is 0 Å². The molecule has 4 heteroatoms. The number of nitrogens with two attached hydrogens (primary N) is 1. The number of hydrogen-bond acceptors (Lipinski definition) is 2. The number of thiocarbonyl (C=S) groups is 1. The molecule has 0 radical (unpaired) electrons. The third-order valence-corrected chi connectivity index (χ3v) is 2.07. The summed E-state index contributed by atoms with van der Waals surface area (Å²) < 4.78 is 0. The van der Waals surface area contributed by atoms with Gasteiger partial charge in [-0.05, 0) is 25.2 Å². The standard InChI is InChI=1S/C10H20N2OS/c1-8(2)5-6-10(13)12-7-3-4-9(11)14/h8H,3-7H2,1-2H3,(H2,11,14)(H,12,13). The molecule has 0 bridgehead atoms. The van der Waals surface area contributed by atoms with Gasteiger partial charge in [0.2, 0.25) is 5.91 Å². The van der Waals surface area contributed by atoms with Crippen molar-refractivity contribution in [3.8, 4) is 0 Å². The van der Waals surface area contributed by atoms with Gasteiger partial charge < -0.3 is 11.1 Å². The minimum atomic E-state index is 0.127. The lowest BCUT2D eigenvalue weighted by atomic mass is 10.1. The highest BCUT2D eigenvalue weighted by atomic mass is 32.1. The topological polar surface area (TPSA) is 55.1 Å². The van der Waals surface area contributed by atoms with E-state index in [0.717, 1.165) is 12.8 Å². The molecule has 0 fully saturated rings. The van der Waals surface area contributed by atoms with E-state index in [4.69, 9.17) is 18.0 Å². The number of amides is 1. The van der Waals surface area contributed by atoms with Crippen LogP contribution in [-0.2, 0) is 4.79 Å². The molecule has 0 saturated heterocycles. The van der Waals surface area contributed by atoms with Crippen molar-refractivity contribution in [2.24, 2.45) is 11.7 Å². The van der Waals surface area contributed by atoms with Crippen LogP contribution in [0.25, 0.3) is 0 Å². The summed E-state index contributed by atoms with van der Waals surface area (Å²) in [6.07, 6.45) is 3.11. The van der Waals surface area contributed by atoms with E-state index in [0.29, 0.717) is 30.3 Å². The summed E-state index contributed by atoms with van der Waals surface area (Å²) in [6.45, 7) is 4.90. The Morgan fingerprint density at radius 1 is 1.43 bits per heavy atom. The zero-order valence-corrected chi connectivity index (χ0v) is 9.82. The summed E-state index contributed by atoms with van der Waals surface area (Å²) in [7, 11) is 0. The Morgan fingerprint density at radius 3 is 2.57 bits per heavy atom. The predicted molar refractivity (Wildman–Crippen MR) is 63.1 cm³/mol. The van der Waals surface area contributed by atoms with Crippen molar-refractivity contribution in [2.45, 2.75) is 39.5 Å². The Morgan fingerprint density at radius 2 is 2.07 bits per heavy atom. The van der Waals surface area contributed by atoms with Gasteiger partial charge >= 0.3 is 0 Å². The Bertz CT molecular complexity index is 193. The normalized spacial score (nSPS) is 10.2. The van der Waals surface area contributed by atoms with E-state index in [9.17, 15) is 4.79 Å². The molecule has 82 valence electrons. The molecule has 0 aromatic rings. The molecule has 0 unspecified atom stereocenters. The molecule has 0 aromatic heterocycles. The van der Waals surface area contributed by atoms with Crippen LogP contribution in [0, 0.1) is 5.92 Å². The summed E-state index contributed by atoms with van der Waals surface area (Å²) in [5.74, 6) is 0.707. The molecule has 0 atom stereocenters. The van der Waals surface area contributed by atoms with Crippen LogP contribution in [0.1, 0.15) is 39.5 Å². The number of rotatable bonds is 7. The average molecular weight is 216 g/mol. The highest BCUT2D eigenvalue weighted by Crippen LogP contribution is 2.02. The zero-order valence-electron chi connectivity index (χ0n) is 9.01. The summed E-state index contributed by atoms with van der Waals surface area (Å²) in [5, 5.41) is 2.84. The smallest absolute Gasteiger partial charge is 0.220 e. The molecule has 14 heavy (non-hydrogen) atoms. The SMILES string of the molecule is CC(C)CCC(=O)NCCCC(N)=S. The van der Waals surface area contributed by atoms with Gasteiger partial charge in [0.05, 0.1) is 4.99 Å². The third-order valence-electron chi connectivity index (χ3n) is 1.87. The molecule has 0 saturated carbocycles.